The second kappa shape index (κ2) is 6.78. The van der Waals surface area contributed by atoms with Gasteiger partial charge in [0.2, 0.25) is 10.0 Å². The van der Waals surface area contributed by atoms with E-state index in [1.54, 1.807) is 0 Å². The lowest BCUT2D eigenvalue weighted by atomic mass is 10.0. The molecule has 0 aliphatic carbocycles. The lowest BCUT2D eigenvalue weighted by molar-refractivity contribution is 0.187. The van der Waals surface area contributed by atoms with Gasteiger partial charge in [-0.3, -0.25) is 4.98 Å². The van der Waals surface area contributed by atoms with Crippen molar-refractivity contribution in [3.63, 3.8) is 0 Å². The van der Waals surface area contributed by atoms with Crippen molar-refractivity contribution in [3.8, 4) is 0 Å². The quantitative estimate of drug-likeness (QED) is 0.764. The van der Waals surface area contributed by atoms with Crippen LogP contribution in [0.2, 0.25) is 0 Å². The third-order valence-corrected chi connectivity index (χ3v) is 5.35. The van der Waals surface area contributed by atoms with Crippen LogP contribution in [0.4, 0.5) is 0 Å². The molecule has 1 unspecified atom stereocenters. The number of rotatable bonds is 5. The van der Waals surface area contributed by atoms with Crippen molar-refractivity contribution < 1.29 is 8.42 Å². The van der Waals surface area contributed by atoms with E-state index in [0.717, 1.165) is 19.4 Å². The molecule has 2 rings (SSSR count). The minimum atomic E-state index is -3.55. The first-order valence-corrected chi connectivity index (χ1v) is 8.75. The maximum absolute atomic E-state index is 12.2. The molecular formula is C13H20N4O2S2. The lowest BCUT2D eigenvalue weighted by Gasteiger charge is -2.32. The monoisotopic (exact) mass is 328 g/mol. The number of hydrogen-bond acceptors (Lipinski definition) is 5. The maximum atomic E-state index is 12.2. The molecule has 0 saturated carbocycles. The number of nitrogens with one attached hydrogen (secondary N) is 1. The van der Waals surface area contributed by atoms with Crippen molar-refractivity contribution in [1.82, 2.24) is 14.6 Å². The van der Waals surface area contributed by atoms with Gasteiger partial charge in [-0.15, -0.1) is 0 Å². The first kappa shape index (κ1) is 16.3. The lowest BCUT2D eigenvalue weighted by Crippen LogP contribution is -2.44. The number of sulfonamides is 1. The van der Waals surface area contributed by atoms with Crippen molar-refractivity contribution >= 4 is 27.2 Å². The fraction of sp³-hybridized carbons (Fsp3) is 0.538. The molecule has 1 aromatic rings. The van der Waals surface area contributed by atoms with Crippen molar-refractivity contribution in [2.75, 3.05) is 20.1 Å². The largest absolute Gasteiger partial charge is 0.388 e. The van der Waals surface area contributed by atoms with E-state index in [9.17, 15) is 8.42 Å². The van der Waals surface area contributed by atoms with Crippen LogP contribution in [0.5, 0.6) is 0 Å². The second-order valence-corrected chi connectivity index (χ2v) is 7.43. The average Bonchev–Trinajstić information content (AvgIpc) is 2.46. The summed E-state index contributed by atoms with van der Waals surface area (Å²) in [4.78, 5) is 6.43. The number of pyridine rings is 1. The Morgan fingerprint density at radius 3 is 2.86 bits per heavy atom. The molecule has 116 valence electrons. The Balaban J connectivity index is 2.02. The zero-order valence-electron chi connectivity index (χ0n) is 11.9. The SMILES string of the molecule is CN1CCCCC1CNS(=O)(=O)c1ccc(C(N)=S)nc1. The van der Waals surface area contributed by atoms with Crippen molar-refractivity contribution in [2.24, 2.45) is 5.73 Å². The van der Waals surface area contributed by atoms with Crippen LogP contribution >= 0.6 is 12.2 Å². The molecule has 1 aliphatic heterocycles. The molecule has 21 heavy (non-hydrogen) atoms. The molecule has 0 amide bonds. The summed E-state index contributed by atoms with van der Waals surface area (Å²) in [5.74, 6) is 0. The van der Waals surface area contributed by atoms with Gasteiger partial charge < -0.3 is 10.6 Å². The summed E-state index contributed by atoms with van der Waals surface area (Å²) in [5, 5.41) is 0. The third kappa shape index (κ3) is 4.19. The summed E-state index contributed by atoms with van der Waals surface area (Å²) >= 11 is 4.79. The fourth-order valence-electron chi connectivity index (χ4n) is 2.38. The Bertz CT molecular complexity index is 601. The van der Waals surface area contributed by atoms with Gasteiger partial charge in [0.25, 0.3) is 0 Å². The molecule has 8 heteroatoms. The van der Waals surface area contributed by atoms with E-state index in [-0.39, 0.29) is 15.9 Å². The zero-order valence-corrected chi connectivity index (χ0v) is 13.6. The summed E-state index contributed by atoms with van der Waals surface area (Å²) in [6.45, 7) is 1.42. The maximum Gasteiger partial charge on any atom is 0.242 e. The zero-order chi connectivity index (χ0) is 15.5. The number of nitrogens with two attached hydrogens (primary N) is 1. The molecule has 0 spiro atoms. The highest BCUT2D eigenvalue weighted by molar-refractivity contribution is 7.89. The number of nitrogens with zero attached hydrogens (tertiary/aromatic N) is 2. The molecule has 1 fully saturated rings. The van der Waals surface area contributed by atoms with E-state index >= 15 is 0 Å². The van der Waals surface area contributed by atoms with Crippen LogP contribution in [0.15, 0.2) is 23.2 Å². The van der Waals surface area contributed by atoms with Gasteiger partial charge in [-0.1, -0.05) is 18.6 Å². The minimum Gasteiger partial charge on any atom is -0.388 e. The normalized spacial score (nSPS) is 20.3. The third-order valence-electron chi connectivity index (χ3n) is 3.73. The minimum absolute atomic E-state index is 0.126. The predicted octanol–water partition coefficient (Wildman–Crippen LogP) is 0.478. The molecule has 1 aliphatic rings. The number of hydrogen-bond donors (Lipinski definition) is 2. The smallest absolute Gasteiger partial charge is 0.242 e. The van der Waals surface area contributed by atoms with Crippen LogP contribution in [0.3, 0.4) is 0 Å². The van der Waals surface area contributed by atoms with Gasteiger partial charge in [0, 0.05) is 18.8 Å². The van der Waals surface area contributed by atoms with E-state index < -0.39 is 10.0 Å². The van der Waals surface area contributed by atoms with Crippen molar-refractivity contribution in [2.45, 2.75) is 30.2 Å². The molecule has 0 aromatic carbocycles. The molecular weight excluding hydrogens is 308 g/mol. The van der Waals surface area contributed by atoms with Crippen molar-refractivity contribution in [1.29, 1.82) is 0 Å². The van der Waals surface area contributed by atoms with Gasteiger partial charge in [0.1, 0.15) is 9.88 Å². The van der Waals surface area contributed by atoms with Crippen LogP contribution in [-0.4, -0.2) is 49.5 Å². The topological polar surface area (TPSA) is 88.3 Å². The van der Waals surface area contributed by atoms with E-state index in [0.29, 0.717) is 12.2 Å². The highest BCUT2D eigenvalue weighted by atomic mass is 32.2. The van der Waals surface area contributed by atoms with Gasteiger partial charge in [0.05, 0.1) is 5.69 Å². The van der Waals surface area contributed by atoms with Gasteiger partial charge in [-0.25, -0.2) is 13.1 Å². The molecule has 1 atom stereocenters. The first-order valence-electron chi connectivity index (χ1n) is 6.86. The summed E-state index contributed by atoms with van der Waals surface area (Å²) in [7, 11) is -1.52. The van der Waals surface area contributed by atoms with E-state index in [2.05, 4.69) is 14.6 Å². The Morgan fingerprint density at radius 1 is 1.52 bits per heavy atom. The van der Waals surface area contributed by atoms with E-state index in [4.69, 9.17) is 18.0 Å². The van der Waals surface area contributed by atoms with Crippen LogP contribution in [0, 0.1) is 0 Å². The number of piperidine rings is 1. The summed E-state index contributed by atoms with van der Waals surface area (Å²) < 4.78 is 27.1. The van der Waals surface area contributed by atoms with Gasteiger partial charge in [-0.05, 0) is 38.6 Å². The number of aromatic nitrogens is 1. The summed E-state index contributed by atoms with van der Waals surface area (Å²) in [6, 6.07) is 3.23. The average molecular weight is 328 g/mol. The van der Waals surface area contributed by atoms with Crippen LogP contribution in [-0.2, 0) is 10.0 Å². The second-order valence-electron chi connectivity index (χ2n) is 5.23. The molecule has 1 saturated heterocycles. The summed E-state index contributed by atoms with van der Waals surface area (Å²) in [6.07, 6.45) is 4.60. The van der Waals surface area contributed by atoms with Gasteiger partial charge in [0.15, 0.2) is 0 Å². The Hall–Kier alpha value is -1.09. The predicted molar refractivity (Wildman–Crippen MR) is 85.6 cm³/mol. The molecule has 0 radical (unpaired) electrons. The highest BCUT2D eigenvalue weighted by Crippen LogP contribution is 2.15. The highest BCUT2D eigenvalue weighted by Gasteiger charge is 2.22. The fourth-order valence-corrected chi connectivity index (χ4v) is 3.51. The Labute approximate surface area is 130 Å². The molecule has 1 aromatic heterocycles. The van der Waals surface area contributed by atoms with Crippen molar-refractivity contribution in [3.05, 3.63) is 24.0 Å². The number of likely N-dealkylation sites (tertiary alicyclic amines) is 1. The van der Waals surface area contributed by atoms with Crippen LogP contribution in [0.25, 0.3) is 0 Å². The first-order chi connectivity index (χ1) is 9.90. The molecule has 6 nitrogen and oxygen atoms in total. The molecule has 0 bridgehead atoms. The van der Waals surface area contributed by atoms with Gasteiger partial charge in [-0.2, -0.15) is 0 Å². The van der Waals surface area contributed by atoms with Gasteiger partial charge >= 0.3 is 0 Å². The summed E-state index contributed by atoms with van der Waals surface area (Å²) in [5.41, 5.74) is 5.86. The standard InChI is InChI=1S/C13H20N4O2S2/c1-17-7-3-2-4-10(17)8-16-21(18,19)11-5-6-12(13(14)20)15-9-11/h5-6,9-10,16H,2-4,7-8H2,1H3,(H2,14,20). The Morgan fingerprint density at radius 2 is 2.29 bits per heavy atom. The van der Waals surface area contributed by atoms with E-state index in [1.165, 1.54) is 24.8 Å². The number of likely N-dealkylation sites (N-methyl/N-ethyl adjacent to an activating group) is 1. The Kier molecular flexibility index (Phi) is 5.26. The van der Waals surface area contributed by atoms with E-state index in [1.807, 2.05) is 7.05 Å². The number of thiocarbonyl (C=S) groups is 1. The van der Waals surface area contributed by atoms with Crippen LogP contribution in [0.1, 0.15) is 25.0 Å². The van der Waals surface area contributed by atoms with Crippen LogP contribution < -0.4 is 10.5 Å². The molecule has 2 heterocycles. The molecule has 3 N–H and O–H groups in total.